The van der Waals surface area contributed by atoms with Crippen LogP contribution in [-0.4, -0.2) is 9.78 Å². The predicted octanol–water partition coefficient (Wildman–Crippen LogP) is 2.26. The Balaban J connectivity index is 2.53. The lowest BCUT2D eigenvalue weighted by Crippen LogP contribution is -1.98. The molecule has 0 saturated carbocycles. The molecule has 3 nitrogen and oxygen atoms in total. The van der Waals surface area contributed by atoms with Crippen molar-refractivity contribution >= 4 is 0 Å². The van der Waals surface area contributed by atoms with Crippen molar-refractivity contribution in [2.45, 2.75) is 27.3 Å². The van der Waals surface area contributed by atoms with Crippen molar-refractivity contribution in [3.63, 3.8) is 0 Å². The Hall–Kier alpha value is -1.61. The molecule has 0 bridgehead atoms. The highest BCUT2D eigenvalue weighted by molar-refractivity contribution is 5.43. The standard InChI is InChI=1S/C13H17N3/c1-9-4-5-10(2)13(6-9)16-8-12(7-14)11(3)15-16/h4-6,8H,7,14H2,1-3H3. The minimum absolute atomic E-state index is 0.538. The maximum Gasteiger partial charge on any atom is 0.0677 e. The van der Waals surface area contributed by atoms with Gasteiger partial charge in [-0.3, -0.25) is 0 Å². The molecule has 2 N–H and O–H groups in total. The molecule has 1 aromatic carbocycles. The Kier molecular flexibility index (Phi) is 2.79. The van der Waals surface area contributed by atoms with Crippen LogP contribution in [0.3, 0.4) is 0 Å². The summed E-state index contributed by atoms with van der Waals surface area (Å²) in [6.07, 6.45) is 2.01. The summed E-state index contributed by atoms with van der Waals surface area (Å²) in [5.41, 5.74) is 11.3. The van der Waals surface area contributed by atoms with E-state index in [1.807, 2.05) is 17.8 Å². The third kappa shape index (κ3) is 1.86. The molecule has 1 heterocycles. The minimum Gasteiger partial charge on any atom is -0.326 e. The molecule has 0 radical (unpaired) electrons. The maximum atomic E-state index is 5.66. The average Bonchev–Trinajstić information content (AvgIpc) is 2.63. The molecule has 3 heteroatoms. The molecule has 84 valence electrons. The number of benzene rings is 1. The van der Waals surface area contributed by atoms with E-state index in [1.165, 1.54) is 11.1 Å². The van der Waals surface area contributed by atoms with Crippen LogP contribution < -0.4 is 5.73 Å². The molecule has 0 aliphatic rings. The molecule has 2 aromatic rings. The van der Waals surface area contributed by atoms with Gasteiger partial charge in [0.2, 0.25) is 0 Å². The SMILES string of the molecule is Cc1ccc(C)c(-n2cc(CN)c(C)n2)c1. The van der Waals surface area contributed by atoms with Gasteiger partial charge in [-0.05, 0) is 38.0 Å². The van der Waals surface area contributed by atoms with Crippen LogP contribution in [0.25, 0.3) is 5.69 Å². The fourth-order valence-corrected chi connectivity index (χ4v) is 1.79. The van der Waals surface area contributed by atoms with Gasteiger partial charge < -0.3 is 5.73 Å². The second-order valence-corrected chi connectivity index (χ2v) is 4.18. The van der Waals surface area contributed by atoms with Gasteiger partial charge in [0.05, 0.1) is 11.4 Å². The van der Waals surface area contributed by atoms with Crippen molar-refractivity contribution in [3.05, 3.63) is 46.8 Å². The van der Waals surface area contributed by atoms with Crippen LogP contribution in [0.5, 0.6) is 0 Å². The van der Waals surface area contributed by atoms with E-state index in [1.54, 1.807) is 0 Å². The summed E-state index contributed by atoms with van der Waals surface area (Å²) in [5, 5.41) is 4.49. The summed E-state index contributed by atoms with van der Waals surface area (Å²) in [6, 6.07) is 6.37. The summed E-state index contributed by atoms with van der Waals surface area (Å²) in [5.74, 6) is 0. The molecule has 1 aromatic heterocycles. The van der Waals surface area contributed by atoms with E-state index in [4.69, 9.17) is 5.73 Å². The van der Waals surface area contributed by atoms with E-state index in [9.17, 15) is 0 Å². The van der Waals surface area contributed by atoms with E-state index in [0.29, 0.717) is 6.54 Å². The van der Waals surface area contributed by atoms with Crippen LogP contribution in [0.1, 0.15) is 22.4 Å². The smallest absolute Gasteiger partial charge is 0.0677 e. The Morgan fingerprint density at radius 3 is 2.62 bits per heavy atom. The fraction of sp³-hybridized carbons (Fsp3) is 0.308. The zero-order valence-corrected chi connectivity index (χ0v) is 9.99. The van der Waals surface area contributed by atoms with Gasteiger partial charge in [0.15, 0.2) is 0 Å². The predicted molar refractivity (Wildman–Crippen MR) is 65.7 cm³/mol. The number of aryl methyl sites for hydroxylation is 3. The Morgan fingerprint density at radius 1 is 1.25 bits per heavy atom. The first-order valence-electron chi connectivity index (χ1n) is 5.44. The Bertz CT molecular complexity index is 512. The number of aromatic nitrogens is 2. The van der Waals surface area contributed by atoms with Crippen LogP contribution in [0.15, 0.2) is 24.4 Å². The summed E-state index contributed by atoms with van der Waals surface area (Å²) in [4.78, 5) is 0. The van der Waals surface area contributed by atoms with E-state index in [2.05, 4.69) is 37.1 Å². The van der Waals surface area contributed by atoms with Crippen molar-refractivity contribution < 1.29 is 0 Å². The molecule has 16 heavy (non-hydrogen) atoms. The first-order valence-corrected chi connectivity index (χ1v) is 5.44. The maximum absolute atomic E-state index is 5.66. The van der Waals surface area contributed by atoms with Crippen molar-refractivity contribution in [3.8, 4) is 5.69 Å². The van der Waals surface area contributed by atoms with E-state index in [-0.39, 0.29) is 0 Å². The number of hydrogen-bond acceptors (Lipinski definition) is 2. The molecule has 0 atom stereocenters. The van der Waals surface area contributed by atoms with Gasteiger partial charge in [-0.2, -0.15) is 5.10 Å². The van der Waals surface area contributed by atoms with Gasteiger partial charge in [-0.25, -0.2) is 4.68 Å². The topological polar surface area (TPSA) is 43.8 Å². The second kappa shape index (κ2) is 4.10. The Morgan fingerprint density at radius 2 is 2.00 bits per heavy atom. The first-order chi connectivity index (χ1) is 7.61. The average molecular weight is 215 g/mol. The monoisotopic (exact) mass is 215 g/mol. The third-order valence-corrected chi connectivity index (χ3v) is 2.83. The summed E-state index contributed by atoms with van der Waals surface area (Å²) in [7, 11) is 0. The quantitative estimate of drug-likeness (QED) is 0.835. The van der Waals surface area contributed by atoms with Gasteiger partial charge in [0, 0.05) is 18.3 Å². The van der Waals surface area contributed by atoms with Crippen LogP contribution in [0.2, 0.25) is 0 Å². The summed E-state index contributed by atoms with van der Waals surface area (Å²) in [6.45, 7) is 6.71. The van der Waals surface area contributed by atoms with E-state index >= 15 is 0 Å². The number of nitrogens with two attached hydrogens (primary N) is 1. The van der Waals surface area contributed by atoms with Crippen molar-refractivity contribution in [2.75, 3.05) is 0 Å². The largest absolute Gasteiger partial charge is 0.326 e. The number of hydrogen-bond donors (Lipinski definition) is 1. The zero-order chi connectivity index (χ0) is 11.7. The normalized spacial score (nSPS) is 10.8. The second-order valence-electron chi connectivity index (χ2n) is 4.18. The number of nitrogens with zero attached hydrogens (tertiary/aromatic N) is 2. The third-order valence-electron chi connectivity index (χ3n) is 2.83. The van der Waals surface area contributed by atoms with Crippen LogP contribution in [0, 0.1) is 20.8 Å². The molecule has 0 aliphatic carbocycles. The van der Waals surface area contributed by atoms with Crippen molar-refractivity contribution in [1.29, 1.82) is 0 Å². The molecular weight excluding hydrogens is 198 g/mol. The molecule has 0 unspecified atom stereocenters. The van der Waals surface area contributed by atoms with Gasteiger partial charge in [0.25, 0.3) is 0 Å². The lowest BCUT2D eigenvalue weighted by molar-refractivity contribution is 0.854. The molecule has 0 spiro atoms. The lowest BCUT2D eigenvalue weighted by Gasteiger charge is -2.06. The van der Waals surface area contributed by atoms with Gasteiger partial charge in [-0.15, -0.1) is 0 Å². The lowest BCUT2D eigenvalue weighted by atomic mass is 10.1. The Labute approximate surface area is 95.9 Å². The molecule has 2 rings (SSSR count). The highest BCUT2D eigenvalue weighted by Gasteiger charge is 2.06. The molecular formula is C13H17N3. The van der Waals surface area contributed by atoms with Gasteiger partial charge in [-0.1, -0.05) is 12.1 Å². The van der Waals surface area contributed by atoms with Crippen LogP contribution in [0.4, 0.5) is 0 Å². The van der Waals surface area contributed by atoms with Crippen molar-refractivity contribution in [2.24, 2.45) is 5.73 Å². The van der Waals surface area contributed by atoms with E-state index in [0.717, 1.165) is 16.9 Å². The molecule has 0 saturated heterocycles. The number of rotatable bonds is 2. The highest BCUT2D eigenvalue weighted by atomic mass is 15.3. The first kappa shape index (κ1) is 10.9. The van der Waals surface area contributed by atoms with E-state index < -0.39 is 0 Å². The fourth-order valence-electron chi connectivity index (χ4n) is 1.79. The minimum atomic E-state index is 0.538. The van der Waals surface area contributed by atoms with Crippen molar-refractivity contribution in [1.82, 2.24) is 9.78 Å². The van der Waals surface area contributed by atoms with Gasteiger partial charge >= 0.3 is 0 Å². The van der Waals surface area contributed by atoms with Gasteiger partial charge in [0.1, 0.15) is 0 Å². The summed E-state index contributed by atoms with van der Waals surface area (Å²) >= 11 is 0. The molecule has 0 amide bonds. The summed E-state index contributed by atoms with van der Waals surface area (Å²) < 4.78 is 1.92. The zero-order valence-electron chi connectivity index (χ0n) is 9.99. The highest BCUT2D eigenvalue weighted by Crippen LogP contribution is 2.17. The van der Waals surface area contributed by atoms with Crippen LogP contribution in [-0.2, 0) is 6.54 Å². The molecule has 0 fully saturated rings. The van der Waals surface area contributed by atoms with Crippen LogP contribution >= 0.6 is 0 Å². The molecule has 0 aliphatic heterocycles.